The summed E-state index contributed by atoms with van der Waals surface area (Å²) in [5.41, 5.74) is 8.12. The predicted molar refractivity (Wildman–Crippen MR) is 171 cm³/mol. The Hall–Kier alpha value is -4.25. The smallest absolute Gasteiger partial charge is 0.399 e. The van der Waals surface area contributed by atoms with Gasteiger partial charge in [0.05, 0.1) is 22.4 Å². The zero-order chi connectivity index (χ0) is 28.2. The Balaban J connectivity index is 1.33. The van der Waals surface area contributed by atoms with Crippen LogP contribution in [0.4, 0.5) is 0 Å². The van der Waals surface area contributed by atoms with Crippen LogP contribution in [0.15, 0.2) is 121 Å². The van der Waals surface area contributed by atoms with Crippen LogP contribution >= 0.6 is 0 Å². The molecule has 1 saturated heterocycles. The zero-order valence-corrected chi connectivity index (χ0v) is 23.9. The first-order valence-corrected chi connectivity index (χ1v) is 14.2. The third-order valence-corrected chi connectivity index (χ3v) is 8.74. The lowest BCUT2D eigenvalue weighted by atomic mass is 9.78. The van der Waals surface area contributed by atoms with Crippen LogP contribution in [0.2, 0.25) is 0 Å². The lowest BCUT2D eigenvalue weighted by Gasteiger charge is -2.32. The quantitative estimate of drug-likeness (QED) is 0.168. The normalized spacial score (nSPS) is 16.0. The Bertz CT molecular complexity index is 1860. The van der Waals surface area contributed by atoms with Crippen LogP contribution in [0, 0.1) is 0 Å². The third-order valence-electron chi connectivity index (χ3n) is 8.74. The van der Waals surface area contributed by atoms with Gasteiger partial charge in [0.2, 0.25) is 0 Å². The van der Waals surface area contributed by atoms with E-state index in [4.69, 9.17) is 14.3 Å². The summed E-state index contributed by atoms with van der Waals surface area (Å²) >= 11 is 0. The molecule has 0 radical (unpaired) electrons. The number of aromatic nitrogens is 1. The molecule has 0 amide bonds. The Morgan fingerprint density at radius 2 is 1.07 bits per heavy atom. The molecule has 7 rings (SSSR count). The first kappa shape index (κ1) is 25.7. The van der Waals surface area contributed by atoms with Gasteiger partial charge in [0.25, 0.3) is 0 Å². The molecule has 41 heavy (non-hydrogen) atoms. The minimum atomic E-state index is -0.378. The average Bonchev–Trinajstić information content (AvgIpc) is 3.23. The van der Waals surface area contributed by atoms with Crippen molar-refractivity contribution in [1.82, 2.24) is 4.98 Å². The topological polar surface area (TPSA) is 31.4 Å². The summed E-state index contributed by atoms with van der Waals surface area (Å²) in [6.45, 7) is 8.35. The van der Waals surface area contributed by atoms with Gasteiger partial charge in [-0.3, -0.25) is 0 Å². The second kappa shape index (κ2) is 9.69. The van der Waals surface area contributed by atoms with E-state index in [9.17, 15) is 0 Å². The zero-order valence-electron chi connectivity index (χ0n) is 23.9. The summed E-state index contributed by atoms with van der Waals surface area (Å²) in [6.07, 6.45) is 0. The molecule has 0 N–H and O–H groups in total. The summed E-state index contributed by atoms with van der Waals surface area (Å²) < 4.78 is 12.6. The maximum absolute atomic E-state index is 6.29. The largest absolute Gasteiger partial charge is 0.494 e. The van der Waals surface area contributed by atoms with E-state index in [0.29, 0.717) is 0 Å². The molecule has 4 heteroatoms. The second-order valence-electron chi connectivity index (χ2n) is 11.9. The molecule has 5 aromatic carbocycles. The average molecular weight is 533 g/mol. The van der Waals surface area contributed by atoms with Crippen molar-refractivity contribution < 1.29 is 9.31 Å². The molecule has 6 aromatic rings. The van der Waals surface area contributed by atoms with E-state index in [2.05, 4.69) is 143 Å². The van der Waals surface area contributed by atoms with Crippen molar-refractivity contribution >= 4 is 34.3 Å². The van der Waals surface area contributed by atoms with Gasteiger partial charge >= 0.3 is 7.12 Å². The lowest BCUT2D eigenvalue weighted by Crippen LogP contribution is -2.41. The third kappa shape index (κ3) is 4.44. The molecule has 0 spiro atoms. The lowest BCUT2D eigenvalue weighted by molar-refractivity contribution is 0.00578. The Labute approximate surface area is 241 Å². The SMILES string of the molecule is CC1(C)OB(c2ccc(-c3cccc4c(-c5ccc(-c6ccccc6)cc5)nc5ccccc5c34)cc2)OC1(C)C. The Morgan fingerprint density at radius 1 is 0.512 bits per heavy atom. The Morgan fingerprint density at radius 3 is 1.78 bits per heavy atom. The maximum atomic E-state index is 6.29. The van der Waals surface area contributed by atoms with Gasteiger partial charge in [0.1, 0.15) is 0 Å². The van der Waals surface area contributed by atoms with Crippen molar-refractivity contribution in [2.45, 2.75) is 38.9 Å². The molecule has 2 heterocycles. The van der Waals surface area contributed by atoms with E-state index < -0.39 is 0 Å². The fourth-order valence-corrected chi connectivity index (χ4v) is 5.71. The van der Waals surface area contributed by atoms with Gasteiger partial charge in [-0.15, -0.1) is 0 Å². The van der Waals surface area contributed by atoms with Crippen molar-refractivity contribution in [1.29, 1.82) is 0 Å². The molecule has 1 fully saturated rings. The number of benzene rings is 5. The van der Waals surface area contributed by atoms with Crippen molar-refractivity contribution in [3.05, 3.63) is 121 Å². The fourth-order valence-electron chi connectivity index (χ4n) is 5.71. The predicted octanol–water partition coefficient (Wildman–Crippen LogP) is 8.69. The summed E-state index contributed by atoms with van der Waals surface area (Å²) in [4.78, 5) is 5.17. The first-order chi connectivity index (χ1) is 19.8. The van der Waals surface area contributed by atoms with Crippen molar-refractivity contribution in [2.24, 2.45) is 0 Å². The van der Waals surface area contributed by atoms with Gasteiger partial charge in [-0.05, 0) is 61.5 Å². The molecule has 3 nitrogen and oxygen atoms in total. The number of hydrogen-bond donors (Lipinski definition) is 0. The van der Waals surface area contributed by atoms with E-state index in [1.165, 1.54) is 22.1 Å². The van der Waals surface area contributed by atoms with Crippen molar-refractivity contribution in [3.63, 3.8) is 0 Å². The summed E-state index contributed by atoms with van der Waals surface area (Å²) in [6, 6.07) is 42.8. The van der Waals surface area contributed by atoms with Crippen LogP contribution in [-0.2, 0) is 9.31 Å². The summed E-state index contributed by atoms with van der Waals surface area (Å²) in [7, 11) is -0.378. The van der Waals surface area contributed by atoms with E-state index >= 15 is 0 Å². The molecule has 0 bridgehead atoms. The molecular weight excluding hydrogens is 501 g/mol. The first-order valence-electron chi connectivity index (χ1n) is 14.2. The van der Waals surface area contributed by atoms with E-state index in [1.807, 2.05) is 6.07 Å². The molecule has 0 aliphatic carbocycles. The van der Waals surface area contributed by atoms with Gasteiger partial charge in [-0.25, -0.2) is 4.98 Å². The molecule has 200 valence electrons. The molecule has 0 saturated carbocycles. The highest BCUT2D eigenvalue weighted by molar-refractivity contribution is 6.62. The van der Waals surface area contributed by atoms with Crippen LogP contribution in [0.1, 0.15) is 27.7 Å². The molecule has 0 unspecified atom stereocenters. The standard InChI is InChI=1S/C37H32BNO2/c1-36(2)37(3,4)41-38(40-36)29-23-21-27(22-24-29)30-14-10-15-32-34(30)31-13-8-9-16-33(31)39-35(32)28-19-17-26(18-20-28)25-11-6-5-7-12-25/h5-24H,1-4H3. The van der Waals surface area contributed by atoms with Gasteiger partial charge in [0.15, 0.2) is 0 Å². The molecule has 1 aliphatic rings. The van der Waals surface area contributed by atoms with Crippen molar-refractivity contribution in [3.8, 4) is 33.5 Å². The van der Waals surface area contributed by atoms with Crippen LogP contribution in [0.5, 0.6) is 0 Å². The van der Waals surface area contributed by atoms with Gasteiger partial charge in [-0.1, -0.05) is 115 Å². The molecule has 1 aliphatic heterocycles. The van der Waals surface area contributed by atoms with Gasteiger partial charge < -0.3 is 9.31 Å². The minimum Gasteiger partial charge on any atom is -0.399 e. The van der Waals surface area contributed by atoms with Crippen LogP contribution in [-0.4, -0.2) is 23.3 Å². The second-order valence-corrected chi connectivity index (χ2v) is 11.9. The number of para-hydroxylation sites is 1. The van der Waals surface area contributed by atoms with Crippen LogP contribution in [0.25, 0.3) is 55.2 Å². The van der Waals surface area contributed by atoms with E-state index in [1.54, 1.807) is 0 Å². The molecule has 1 aromatic heterocycles. The number of rotatable bonds is 4. The maximum Gasteiger partial charge on any atom is 0.494 e. The molecule has 0 atom stereocenters. The van der Waals surface area contributed by atoms with E-state index in [-0.39, 0.29) is 18.3 Å². The highest BCUT2D eigenvalue weighted by Crippen LogP contribution is 2.39. The molecular formula is C37H32BNO2. The monoisotopic (exact) mass is 533 g/mol. The number of nitrogens with zero attached hydrogens (tertiary/aromatic N) is 1. The van der Waals surface area contributed by atoms with Gasteiger partial charge in [0, 0.05) is 21.7 Å². The van der Waals surface area contributed by atoms with Crippen molar-refractivity contribution in [2.75, 3.05) is 0 Å². The van der Waals surface area contributed by atoms with Crippen LogP contribution in [0.3, 0.4) is 0 Å². The van der Waals surface area contributed by atoms with Crippen LogP contribution < -0.4 is 5.46 Å². The highest BCUT2D eigenvalue weighted by Gasteiger charge is 2.51. The highest BCUT2D eigenvalue weighted by atomic mass is 16.7. The Kier molecular flexibility index (Phi) is 6.08. The summed E-state index contributed by atoms with van der Waals surface area (Å²) in [5.74, 6) is 0. The minimum absolute atomic E-state index is 0.367. The summed E-state index contributed by atoms with van der Waals surface area (Å²) in [5, 5.41) is 3.50. The number of fused-ring (bicyclic) bond motifs is 3. The van der Waals surface area contributed by atoms with E-state index in [0.717, 1.165) is 38.6 Å². The number of hydrogen-bond acceptors (Lipinski definition) is 3. The fraction of sp³-hybridized carbons (Fsp3) is 0.162. The van der Waals surface area contributed by atoms with Gasteiger partial charge in [-0.2, -0.15) is 0 Å². The number of pyridine rings is 1.